The Morgan fingerprint density at radius 2 is 2.00 bits per heavy atom. The van der Waals surface area contributed by atoms with Crippen LogP contribution < -0.4 is 16.0 Å². The number of carbonyl (C=O) groups is 1. The van der Waals surface area contributed by atoms with Gasteiger partial charge in [0.25, 0.3) is 0 Å². The van der Waals surface area contributed by atoms with Crippen LogP contribution in [0.1, 0.15) is 45.6 Å². The van der Waals surface area contributed by atoms with Crippen molar-refractivity contribution in [1.82, 2.24) is 15.5 Å². The fraction of sp³-hybridized carbons (Fsp3) is 0.636. The normalized spacial score (nSPS) is 13.9. The second-order valence-electron chi connectivity index (χ2n) is 7.77. The third kappa shape index (κ3) is 10.5. The number of hydrogen-bond acceptors (Lipinski definition) is 3. The van der Waals surface area contributed by atoms with E-state index in [4.69, 9.17) is 4.74 Å². The third-order valence-electron chi connectivity index (χ3n) is 4.54. The molecule has 0 atom stereocenters. The lowest BCUT2D eigenvalue weighted by atomic mass is 10.2. The highest BCUT2D eigenvalue weighted by Crippen LogP contribution is 2.14. The molecule has 0 spiro atoms. The molecule has 0 aliphatic carbocycles. The smallest absolute Gasteiger partial charge is 0.321 e. The molecule has 30 heavy (non-hydrogen) atoms. The van der Waals surface area contributed by atoms with E-state index >= 15 is 0 Å². The number of halogens is 1. The second kappa shape index (κ2) is 15.3. The molecule has 0 unspecified atom stereocenters. The number of urea groups is 1. The lowest BCUT2D eigenvalue weighted by Gasteiger charge is -2.16. The van der Waals surface area contributed by atoms with Crippen molar-refractivity contribution >= 4 is 41.7 Å². The molecule has 1 saturated heterocycles. The molecule has 2 rings (SSSR count). The summed E-state index contributed by atoms with van der Waals surface area (Å²) in [6.45, 7) is 11.8. The van der Waals surface area contributed by atoms with E-state index in [-0.39, 0.29) is 30.0 Å². The summed E-state index contributed by atoms with van der Waals surface area (Å²) >= 11 is 0. The minimum atomic E-state index is -0.0159. The van der Waals surface area contributed by atoms with Crippen LogP contribution in [-0.4, -0.2) is 56.3 Å². The van der Waals surface area contributed by atoms with Gasteiger partial charge in [0.2, 0.25) is 0 Å². The first kappa shape index (κ1) is 26.5. The predicted octanol–water partition coefficient (Wildman–Crippen LogP) is 4.05. The maximum Gasteiger partial charge on any atom is 0.321 e. The number of nitrogens with one attached hydrogen (secondary N) is 3. The van der Waals surface area contributed by atoms with Crippen molar-refractivity contribution in [2.45, 2.75) is 46.6 Å². The van der Waals surface area contributed by atoms with Crippen molar-refractivity contribution in [2.75, 3.05) is 44.7 Å². The number of nitrogens with zero attached hydrogens (tertiary/aromatic N) is 2. The molecule has 1 aromatic rings. The molecule has 1 aromatic carbocycles. The molecule has 0 saturated carbocycles. The van der Waals surface area contributed by atoms with Gasteiger partial charge >= 0.3 is 6.03 Å². The van der Waals surface area contributed by atoms with Crippen molar-refractivity contribution < 1.29 is 9.53 Å². The van der Waals surface area contributed by atoms with Gasteiger partial charge in [-0.25, -0.2) is 9.79 Å². The Balaban J connectivity index is 0.00000450. The largest absolute Gasteiger partial charge is 0.381 e. The number of hydrogen-bond donors (Lipinski definition) is 3. The number of guanidine groups is 1. The van der Waals surface area contributed by atoms with Gasteiger partial charge in [0.15, 0.2) is 5.96 Å². The summed E-state index contributed by atoms with van der Waals surface area (Å²) in [6, 6.07) is 7.87. The van der Waals surface area contributed by atoms with Gasteiger partial charge in [0.05, 0.1) is 6.54 Å². The van der Waals surface area contributed by atoms with Crippen molar-refractivity contribution in [2.24, 2.45) is 10.9 Å². The number of likely N-dealkylation sites (tertiary alicyclic amines) is 1. The Kier molecular flexibility index (Phi) is 13.5. The van der Waals surface area contributed by atoms with Crippen molar-refractivity contribution in [3.05, 3.63) is 29.8 Å². The molecule has 7 nitrogen and oxygen atoms in total. The highest BCUT2D eigenvalue weighted by Gasteiger charge is 2.17. The summed E-state index contributed by atoms with van der Waals surface area (Å²) in [4.78, 5) is 18.8. The molecule has 8 heteroatoms. The number of amides is 2. The number of carbonyl (C=O) groups excluding carboxylic acids is 1. The lowest BCUT2D eigenvalue weighted by Crippen LogP contribution is -2.38. The maximum absolute atomic E-state index is 12.3. The van der Waals surface area contributed by atoms with Gasteiger partial charge in [-0.1, -0.05) is 26.0 Å². The van der Waals surface area contributed by atoms with E-state index < -0.39 is 0 Å². The number of rotatable bonds is 10. The van der Waals surface area contributed by atoms with Gasteiger partial charge < -0.3 is 25.6 Å². The lowest BCUT2D eigenvalue weighted by molar-refractivity contribution is 0.108. The standard InChI is InChI=1S/C22H37N5O2.HI/c1-4-23-21(24-11-8-14-29-17-18(2)3)25-16-19-9-7-10-20(15-19)26-22(28)27-12-5-6-13-27;/h7,9-10,15,18H,4-6,8,11-14,16-17H2,1-3H3,(H,26,28)(H2,23,24,25);1H. The minimum absolute atomic E-state index is 0. The highest BCUT2D eigenvalue weighted by molar-refractivity contribution is 14.0. The summed E-state index contributed by atoms with van der Waals surface area (Å²) in [5.41, 5.74) is 1.87. The van der Waals surface area contributed by atoms with Crippen LogP contribution in [0.15, 0.2) is 29.3 Å². The SMILES string of the molecule is CCNC(=NCc1cccc(NC(=O)N2CCCC2)c1)NCCCOCC(C)C.I. The molecule has 2 amide bonds. The van der Waals surface area contributed by atoms with Gasteiger partial charge in [0, 0.05) is 45.1 Å². The first-order valence-corrected chi connectivity index (χ1v) is 10.8. The molecule has 1 fully saturated rings. The number of benzene rings is 1. The average Bonchev–Trinajstić information content (AvgIpc) is 3.24. The topological polar surface area (TPSA) is 78.0 Å². The second-order valence-corrected chi connectivity index (χ2v) is 7.77. The molecule has 170 valence electrons. The fourth-order valence-corrected chi connectivity index (χ4v) is 3.08. The monoisotopic (exact) mass is 531 g/mol. The zero-order valence-electron chi connectivity index (χ0n) is 18.6. The number of anilines is 1. The summed E-state index contributed by atoms with van der Waals surface area (Å²) < 4.78 is 5.61. The summed E-state index contributed by atoms with van der Waals surface area (Å²) in [7, 11) is 0. The Morgan fingerprint density at radius 1 is 1.23 bits per heavy atom. The molecule has 1 heterocycles. The highest BCUT2D eigenvalue weighted by atomic mass is 127. The van der Waals surface area contributed by atoms with Gasteiger partial charge in [-0.2, -0.15) is 0 Å². The molecule has 0 bridgehead atoms. The Morgan fingerprint density at radius 3 is 2.70 bits per heavy atom. The first-order valence-electron chi connectivity index (χ1n) is 10.8. The predicted molar refractivity (Wildman–Crippen MR) is 135 cm³/mol. The maximum atomic E-state index is 12.3. The van der Waals surface area contributed by atoms with E-state index in [9.17, 15) is 4.79 Å². The Bertz CT molecular complexity index is 648. The first-order chi connectivity index (χ1) is 14.1. The van der Waals surface area contributed by atoms with Crippen LogP contribution in [0.2, 0.25) is 0 Å². The molecular weight excluding hydrogens is 493 g/mol. The van der Waals surface area contributed by atoms with Crippen LogP contribution in [0.4, 0.5) is 10.5 Å². The zero-order chi connectivity index (χ0) is 20.9. The molecular formula is C22H38IN5O2. The molecule has 1 aliphatic heterocycles. The van der Waals surface area contributed by atoms with E-state index in [2.05, 4.69) is 41.7 Å². The summed E-state index contributed by atoms with van der Waals surface area (Å²) in [5, 5.41) is 9.61. The van der Waals surface area contributed by atoms with Crippen LogP contribution in [-0.2, 0) is 11.3 Å². The molecule has 1 aliphatic rings. The molecule has 3 N–H and O–H groups in total. The van der Waals surface area contributed by atoms with Crippen molar-refractivity contribution in [1.29, 1.82) is 0 Å². The van der Waals surface area contributed by atoms with Crippen LogP contribution in [0.3, 0.4) is 0 Å². The van der Waals surface area contributed by atoms with Gasteiger partial charge in [0.1, 0.15) is 0 Å². The number of aliphatic imine (C=N–C) groups is 1. The fourth-order valence-electron chi connectivity index (χ4n) is 3.08. The van der Waals surface area contributed by atoms with E-state index in [1.807, 2.05) is 29.2 Å². The summed E-state index contributed by atoms with van der Waals surface area (Å²) in [5.74, 6) is 1.36. The van der Waals surface area contributed by atoms with Crippen LogP contribution in [0.5, 0.6) is 0 Å². The van der Waals surface area contributed by atoms with E-state index in [1.165, 1.54) is 0 Å². The van der Waals surface area contributed by atoms with Gasteiger partial charge in [-0.3, -0.25) is 0 Å². The zero-order valence-corrected chi connectivity index (χ0v) is 20.9. The quantitative estimate of drug-likeness (QED) is 0.184. The van der Waals surface area contributed by atoms with Gasteiger partial charge in [-0.05, 0) is 49.8 Å². The van der Waals surface area contributed by atoms with E-state index in [0.29, 0.717) is 12.5 Å². The molecule has 0 aromatic heterocycles. The van der Waals surface area contributed by atoms with Crippen molar-refractivity contribution in [3.63, 3.8) is 0 Å². The van der Waals surface area contributed by atoms with E-state index in [1.54, 1.807) is 0 Å². The van der Waals surface area contributed by atoms with Crippen molar-refractivity contribution in [3.8, 4) is 0 Å². The number of ether oxygens (including phenoxy) is 1. The molecule has 0 radical (unpaired) electrons. The summed E-state index contributed by atoms with van der Waals surface area (Å²) in [6.07, 6.45) is 3.12. The van der Waals surface area contributed by atoms with Crippen LogP contribution in [0, 0.1) is 5.92 Å². The van der Waals surface area contributed by atoms with Crippen LogP contribution in [0.25, 0.3) is 0 Å². The van der Waals surface area contributed by atoms with E-state index in [0.717, 1.165) is 75.9 Å². The van der Waals surface area contributed by atoms with Gasteiger partial charge in [-0.15, -0.1) is 24.0 Å². The minimum Gasteiger partial charge on any atom is -0.381 e. The average molecular weight is 531 g/mol. The third-order valence-corrected chi connectivity index (χ3v) is 4.54. The Labute approximate surface area is 198 Å². The Hall–Kier alpha value is -1.55. The van der Waals surface area contributed by atoms with Crippen LogP contribution >= 0.6 is 24.0 Å².